The van der Waals surface area contributed by atoms with Gasteiger partial charge in [0.2, 0.25) is 5.88 Å². The second-order valence-corrected chi connectivity index (χ2v) is 8.28. The fraction of sp³-hybridized carbons (Fsp3) is 0.455. The van der Waals surface area contributed by atoms with Gasteiger partial charge in [0.05, 0.1) is 5.71 Å². The number of ether oxygens (including phenoxy) is 1. The first kappa shape index (κ1) is 19.5. The number of nitrogen functional groups attached to an aromatic ring is 1. The lowest BCUT2D eigenvalue weighted by atomic mass is 9.77. The van der Waals surface area contributed by atoms with E-state index in [0.29, 0.717) is 23.3 Å². The zero-order valence-electron chi connectivity index (χ0n) is 16.8. The number of rotatable bonds is 4. The van der Waals surface area contributed by atoms with E-state index in [0.717, 1.165) is 37.0 Å². The van der Waals surface area contributed by atoms with Crippen molar-refractivity contribution < 1.29 is 14.6 Å². The number of carbonyl (C=O) groups excluding carboxylic acids is 1. The fourth-order valence-corrected chi connectivity index (χ4v) is 4.29. The van der Waals surface area contributed by atoms with E-state index in [9.17, 15) is 4.79 Å². The second kappa shape index (κ2) is 7.55. The van der Waals surface area contributed by atoms with Gasteiger partial charge >= 0.3 is 0 Å². The third-order valence-corrected chi connectivity index (χ3v) is 5.96. The molecule has 0 radical (unpaired) electrons. The van der Waals surface area contributed by atoms with E-state index in [-0.39, 0.29) is 18.3 Å². The third-order valence-electron chi connectivity index (χ3n) is 5.96. The quantitative estimate of drug-likeness (QED) is 0.824. The van der Waals surface area contributed by atoms with Gasteiger partial charge in [-0.2, -0.15) is 4.98 Å². The highest BCUT2D eigenvalue weighted by Crippen LogP contribution is 2.40. The first-order valence-corrected chi connectivity index (χ1v) is 10.0. The van der Waals surface area contributed by atoms with Crippen molar-refractivity contribution in [2.45, 2.75) is 51.0 Å². The molecule has 152 valence electrons. The average Bonchev–Trinajstić information content (AvgIpc) is 2.72. The molecule has 4 rings (SSSR count). The van der Waals surface area contributed by atoms with Gasteiger partial charge in [0.15, 0.2) is 17.3 Å². The first-order valence-electron chi connectivity index (χ1n) is 10.0. The number of aliphatic hydroxyl groups is 1. The number of benzene rings is 1. The summed E-state index contributed by atoms with van der Waals surface area (Å²) in [5, 5.41) is 9.06. The minimum absolute atomic E-state index is 0.0119. The van der Waals surface area contributed by atoms with Crippen LogP contribution in [0.2, 0.25) is 0 Å². The number of aliphatic hydroxyl groups excluding tert-OH is 1. The smallest absolute Gasteiger partial charge is 0.246 e. The summed E-state index contributed by atoms with van der Waals surface area (Å²) in [5.74, 6) is 1.12. The minimum Gasteiger partial charge on any atom is -0.463 e. The number of aromatic nitrogens is 2. The van der Waals surface area contributed by atoms with Crippen LogP contribution in [0, 0.1) is 5.92 Å². The molecule has 29 heavy (non-hydrogen) atoms. The van der Waals surface area contributed by atoms with E-state index in [2.05, 4.69) is 34.2 Å². The van der Waals surface area contributed by atoms with E-state index in [1.807, 2.05) is 13.8 Å². The van der Waals surface area contributed by atoms with Gasteiger partial charge < -0.3 is 15.6 Å². The van der Waals surface area contributed by atoms with Crippen LogP contribution in [0.15, 0.2) is 35.6 Å². The Morgan fingerprint density at radius 1 is 1.17 bits per heavy atom. The third kappa shape index (κ3) is 3.74. The lowest BCUT2D eigenvalue weighted by Crippen LogP contribution is -2.41. The van der Waals surface area contributed by atoms with Crippen LogP contribution in [0.4, 0.5) is 11.5 Å². The highest BCUT2D eigenvalue weighted by Gasteiger charge is 2.35. The highest BCUT2D eigenvalue weighted by atomic mass is 16.5. The van der Waals surface area contributed by atoms with Gasteiger partial charge in [-0.05, 0) is 51.0 Å². The summed E-state index contributed by atoms with van der Waals surface area (Å²) in [4.78, 5) is 24.6. The van der Waals surface area contributed by atoms with E-state index < -0.39 is 5.60 Å². The van der Waals surface area contributed by atoms with Gasteiger partial charge in [0, 0.05) is 11.5 Å². The molecule has 1 saturated carbocycles. The maximum absolute atomic E-state index is 11.7. The molecule has 2 heterocycles. The zero-order valence-corrected chi connectivity index (χ0v) is 16.8. The molecule has 1 aliphatic heterocycles. The Hall–Kier alpha value is -2.80. The Balaban J connectivity index is 1.55. The zero-order chi connectivity index (χ0) is 20.6. The monoisotopic (exact) mass is 394 g/mol. The van der Waals surface area contributed by atoms with Crippen molar-refractivity contribution >= 4 is 23.0 Å². The Kier molecular flexibility index (Phi) is 5.08. The molecule has 2 aliphatic rings. The van der Waals surface area contributed by atoms with Gasteiger partial charge in [0.25, 0.3) is 0 Å². The van der Waals surface area contributed by atoms with E-state index in [4.69, 9.17) is 20.6 Å². The van der Waals surface area contributed by atoms with Crippen molar-refractivity contribution in [2.24, 2.45) is 10.9 Å². The summed E-state index contributed by atoms with van der Waals surface area (Å²) in [5.41, 5.74) is 8.81. The molecule has 0 atom stereocenters. The molecule has 2 aromatic rings. The topological polar surface area (TPSA) is 111 Å². The van der Waals surface area contributed by atoms with Crippen molar-refractivity contribution in [1.29, 1.82) is 0 Å². The summed E-state index contributed by atoms with van der Waals surface area (Å²) in [7, 11) is 0. The average molecular weight is 394 g/mol. The fourth-order valence-electron chi connectivity index (χ4n) is 4.29. The SMILES string of the molecule is CC1(C)Oc2ncnc(N)c2N=C1c1ccc([C@H]2CC[C@H](C(=O)CO)CC2)cc1. The molecule has 0 unspecified atom stereocenters. The molecule has 7 heteroatoms. The van der Waals surface area contributed by atoms with Crippen molar-refractivity contribution in [2.75, 3.05) is 12.3 Å². The number of hydrogen-bond donors (Lipinski definition) is 2. The van der Waals surface area contributed by atoms with Crippen molar-refractivity contribution in [3.05, 3.63) is 41.7 Å². The molecule has 0 bridgehead atoms. The van der Waals surface area contributed by atoms with Crippen molar-refractivity contribution in [1.82, 2.24) is 9.97 Å². The summed E-state index contributed by atoms with van der Waals surface area (Å²) < 4.78 is 6.04. The maximum Gasteiger partial charge on any atom is 0.246 e. The minimum atomic E-state index is -0.641. The largest absolute Gasteiger partial charge is 0.463 e. The van der Waals surface area contributed by atoms with E-state index in [1.165, 1.54) is 11.9 Å². The summed E-state index contributed by atoms with van der Waals surface area (Å²) in [6, 6.07) is 8.39. The lowest BCUT2D eigenvalue weighted by Gasteiger charge is -2.32. The molecule has 0 amide bonds. The molecule has 0 spiro atoms. The molecule has 1 aromatic heterocycles. The normalized spacial score (nSPS) is 22.9. The molecular weight excluding hydrogens is 368 g/mol. The summed E-state index contributed by atoms with van der Waals surface area (Å²) >= 11 is 0. The maximum atomic E-state index is 11.7. The van der Waals surface area contributed by atoms with Crippen LogP contribution in [0.3, 0.4) is 0 Å². The number of nitrogens with zero attached hydrogens (tertiary/aromatic N) is 3. The van der Waals surface area contributed by atoms with Gasteiger partial charge in [-0.3, -0.25) is 4.79 Å². The van der Waals surface area contributed by atoms with Crippen LogP contribution >= 0.6 is 0 Å². The molecular formula is C22H26N4O3. The van der Waals surface area contributed by atoms with Crippen LogP contribution in [-0.4, -0.2) is 38.8 Å². The molecule has 1 aliphatic carbocycles. The molecule has 1 aromatic carbocycles. The van der Waals surface area contributed by atoms with Crippen molar-refractivity contribution in [3.8, 4) is 5.88 Å². The second-order valence-electron chi connectivity index (χ2n) is 8.28. The number of fused-ring (bicyclic) bond motifs is 1. The highest BCUT2D eigenvalue weighted by molar-refractivity contribution is 6.09. The number of hydrogen-bond acceptors (Lipinski definition) is 7. The summed E-state index contributed by atoms with van der Waals surface area (Å²) in [6.45, 7) is 3.57. The first-order chi connectivity index (χ1) is 13.9. The Morgan fingerprint density at radius 3 is 2.52 bits per heavy atom. The van der Waals surface area contributed by atoms with Gasteiger partial charge in [-0.1, -0.05) is 24.3 Å². The number of carbonyl (C=O) groups is 1. The van der Waals surface area contributed by atoms with Crippen LogP contribution < -0.4 is 10.5 Å². The molecule has 0 saturated heterocycles. The van der Waals surface area contributed by atoms with Gasteiger partial charge in [-0.15, -0.1) is 0 Å². The number of nitrogens with two attached hydrogens (primary N) is 1. The number of ketones is 1. The lowest BCUT2D eigenvalue weighted by molar-refractivity contribution is -0.126. The van der Waals surface area contributed by atoms with Gasteiger partial charge in [0.1, 0.15) is 18.5 Å². The Bertz CT molecular complexity index is 945. The van der Waals surface area contributed by atoms with E-state index in [1.54, 1.807) is 0 Å². The summed E-state index contributed by atoms with van der Waals surface area (Å²) in [6.07, 6.45) is 4.99. The van der Waals surface area contributed by atoms with Crippen LogP contribution in [-0.2, 0) is 4.79 Å². The molecule has 1 fully saturated rings. The van der Waals surface area contributed by atoms with E-state index >= 15 is 0 Å². The molecule has 7 nitrogen and oxygen atoms in total. The number of anilines is 1. The molecule has 3 N–H and O–H groups in total. The van der Waals surface area contributed by atoms with Crippen LogP contribution in [0.1, 0.15) is 56.6 Å². The van der Waals surface area contributed by atoms with Crippen molar-refractivity contribution in [3.63, 3.8) is 0 Å². The van der Waals surface area contributed by atoms with Crippen LogP contribution in [0.25, 0.3) is 0 Å². The van der Waals surface area contributed by atoms with Crippen LogP contribution in [0.5, 0.6) is 5.88 Å². The van der Waals surface area contributed by atoms with Gasteiger partial charge in [-0.25, -0.2) is 9.98 Å². The predicted molar refractivity (Wildman–Crippen MR) is 111 cm³/mol. The number of Topliss-reactive ketones (excluding diaryl/α,β-unsaturated/α-hetero) is 1. The Labute approximate surface area is 170 Å². The number of aliphatic imine (C=N–C) groups is 1. The standard InChI is InChI=1S/C22H26N4O3/c1-22(2)19(26-18-20(23)24-12-25-21(18)29-22)16-9-5-14(6-10-16)13-3-7-15(8-4-13)17(28)11-27/h5-6,9-10,12-13,15,27H,3-4,7-8,11H2,1-2H3,(H2,23,24,25)/t13-,15-. The Morgan fingerprint density at radius 2 is 1.86 bits per heavy atom. The predicted octanol–water partition coefficient (Wildman–Crippen LogP) is 3.19.